The van der Waals surface area contributed by atoms with E-state index in [0.29, 0.717) is 5.75 Å². The van der Waals surface area contributed by atoms with Crippen LogP contribution in [0.2, 0.25) is 0 Å². The molecule has 0 aromatic heterocycles. The highest BCUT2D eigenvalue weighted by Gasteiger charge is 2.31. The van der Waals surface area contributed by atoms with Crippen molar-refractivity contribution in [3.8, 4) is 11.5 Å². The van der Waals surface area contributed by atoms with E-state index in [4.69, 9.17) is 9.47 Å². The molecule has 0 aliphatic rings. The quantitative estimate of drug-likeness (QED) is 0.504. The van der Waals surface area contributed by atoms with Gasteiger partial charge >= 0.3 is 0 Å². The van der Waals surface area contributed by atoms with Crippen molar-refractivity contribution in [2.45, 2.75) is 46.3 Å². The third kappa shape index (κ3) is 7.61. The topological polar surface area (TPSA) is 105 Å². The predicted octanol–water partition coefficient (Wildman–Crippen LogP) is 2.72. The molecule has 9 nitrogen and oxygen atoms in total. The Bertz CT molecular complexity index is 1130. The third-order valence-corrected chi connectivity index (χ3v) is 6.53. The van der Waals surface area contributed by atoms with E-state index in [0.717, 1.165) is 21.7 Å². The van der Waals surface area contributed by atoms with Crippen LogP contribution in [-0.2, 0) is 26.2 Å². The van der Waals surface area contributed by atoms with Gasteiger partial charge in [0.1, 0.15) is 24.1 Å². The molecule has 0 radical (unpaired) electrons. The molecule has 0 spiro atoms. The lowest BCUT2D eigenvalue weighted by molar-refractivity contribution is -0.139. The van der Waals surface area contributed by atoms with Crippen LogP contribution in [0.3, 0.4) is 0 Å². The summed E-state index contributed by atoms with van der Waals surface area (Å²) in [4.78, 5) is 27.8. The van der Waals surface area contributed by atoms with Crippen LogP contribution < -0.4 is 19.1 Å². The van der Waals surface area contributed by atoms with Crippen LogP contribution in [0.15, 0.2) is 42.5 Å². The van der Waals surface area contributed by atoms with Gasteiger partial charge in [0.25, 0.3) is 0 Å². The van der Waals surface area contributed by atoms with Crippen LogP contribution in [0.25, 0.3) is 0 Å². The van der Waals surface area contributed by atoms with Crippen molar-refractivity contribution < 1.29 is 27.5 Å². The van der Waals surface area contributed by atoms with Crippen molar-refractivity contribution in [2.75, 3.05) is 31.3 Å². The fourth-order valence-electron chi connectivity index (χ4n) is 3.46. The van der Waals surface area contributed by atoms with Gasteiger partial charge in [-0.05, 0) is 45.4 Å². The maximum atomic E-state index is 13.6. The summed E-state index contributed by atoms with van der Waals surface area (Å²) < 4.78 is 37.0. The molecule has 0 bridgehead atoms. The zero-order chi connectivity index (χ0) is 26.3. The van der Waals surface area contributed by atoms with Gasteiger partial charge in [0.05, 0.1) is 26.2 Å². The average Bonchev–Trinajstić information content (AvgIpc) is 2.80. The first-order chi connectivity index (χ1) is 16.4. The largest absolute Gasteiger partial charge is 0.497 e. The fraction of sp³-hybridized carbons (Fsp3) is 0.440. The number of methoxy groups -OCH3 is 2. The van der Waals surface area contributed by atoms with Crippen molar-refractivity contribution in [3.63, 3.8) is 0 Å². The molecule has 0 aliphatic heterocycles. The van der Waals surface area contributed by atoms with Gasteiger partial charge in [0.2, 0.25) is 21.8 Å². The lowest BCUT2D eigenvalue weighted by atomic mass is 10.1. The molecule has 0 fully saturated rings. The molecule has 0 saturated heterocycles. The van der Waals surface area contributed by atoms with E-state index < -0.39 is 28.5 Å². The van der Waals surface area contributed by atoms with Crippen molar-refractivity contribution in [1.82, 2.24) is 10.2 Å². The van der Waals surface area contributed by atoms with Crippen molar-refractivity contribution in [1.29, 1.82) is 0 Å². The van der Waals surface area contributed by atoms with E-state index >= 15 is 0 Å². The van der Waals surface area contributed by atoms with Crippen LogP contribution in [0, 0.1) is 6.92 Å². The molecule has 2 aromatic carbocycles. The summed E-state index contributed by atoms with van der Waals surface area (Å²) in [5.41, 5.74) is 2.08. The lowest BCUT2D eigenvalue weighted by Crippen LogP contribution is -2.52. The molecule has 35 heavy (non-hydrogen) atoms. The number of nitrogens with one attached hydrogen (secondary N) is 1. The maximum absolute atomic E-state index is 13.6. The Hall–Kier alpha value is -3.27. The van der Waals surface area contributed by atoms with E-state index in [1.54, 1.807) is 19.1 Å². The lowest BCUT2D eigenvalue weighted by Gasteiger charge is -2.32. The van der Waals surface area contributed by atoms with Gasteiger partial charge in [0.15, 0.2) is 0 Å². The SMILES string of the molecule is COc1ccc(N(CC(=O)N(Cc2ccc(C)cc2)[C@H](C)C(=O)NC(C)C)S(C)(=O)=O)c(OC)c1. The second-order valence-corrected chi connectivity index (χ2v) is 10.6. The normalized spacial score (nSPS) is 12.1. The van der Waals surface area contributed by atoms with E-state index in [1.165, 1.54) is 25.2 Å². The number of nitrogens with zero attached hydrogens (tertiary/aromatic N) is 2. The number of carbonyl (C=O) groups is 2. The Kier molecular flexibility index (Phi) is 9.53. The minimum absolute atomic E-state index is 0.114. The Morgan fingerprint density at radius 1 is 1.00 bits per heavy atom. The van der Waals surface area contributed by atoms with Gasteiger partial charge in [-0.15, -0.1) is 0 Å². The average molecular weight is 506 g/mol. The molecule has 2 amide bonds. The zero-order valence-electron chi connectivity index (χ0n) is 21.4. The molecule has 10 heteroatoms. The molecule has 0 unspecified atom stereocenters. The van der Waals surface area contributed by atoms with Gasteiger partial charge in [0, 0.05) is 18.7 Å². The van der Waals surface area contributed by atoms with Crippen LogP contribution in [0.1, 0.15) is 31.9 Å². The number of ether oxygens (including phenoxy) is 2. The summed E-state index contributed by atoms with van der Waals surface area (Å²) in [7, 11) is -0.987. The molecule has 2 aromatic rings. The molecule has 2 rings (SSSR count). The number of hydrogen-bond donors (Lipinski definition) is 1. The Balaban J connectivity index is 2.45. The third-order valence-electron chi connectivity index (χ3n) is 5.41. The standard InChI is InChI=1S/C25H35N3O6S/c1-17(2)26-25(30)19(4)27(15-20-10-8-18(3)9-11-20)24(29)16-28(35(7,31)32)22-13-12-21(33-5)14-23(22)34-6/h8-14,17,19H,15-16H2,1-7H3,(H,26,30)/t19-/m1/s1. The first-order valence-corrected chi connectivity index (χ1v) is 13.1. The smallest absolute Gasteiger partial charge is 0.244 e. The van der Waals surface area contributed by atoms with Gasteiger partial charge in [-0.2, -0.15) is 0 Å². The number of anilines is 1. The molecule has 1 atom stereocenters. The molecular weight excluding hydrogens is 470 g/mol. The summed E-state index contributed by atoms with van der Waals surface area (Å²) in [5.74, 6) is -0.141. The second-order valence-electron chi connectivity index (χ2n) is 8.65. The molecule has 0 saturated carbocycles. The van der Waals surface area contributed by atoms with E-state index in [9.17, 15) is 18.0 Å². The number of amides is 2. The van der Waals surface area contributed by atoms with Crippen LogP contribution in [0.4, 0.5) is 5.69 Å². The first kappa shape index (κ1) is 28.0. The Morgan fingerprint density at radius 2 is 1.63 bits per heavy atom. The number of carbonyl (C=O) groups excluding carboxylic acids is 2. The predicted molar refractivity (Wildman–Crippen MR) is 136 cm³/mol. The highest BCUT2D eigenvalue weighted by atomic mass is 32.2. The first-order valence-electron chi connectivity index (χ1n) is 11.2. The van der Waals surface area contributed by atoms with Gasteiger partial charge < -0.3 is 19.7 Å². The number of rotatable bonds is 11. The fourth-order valence-corrected chi connectivity index (χ4v) is 4.32. The zero-order valence-corrected chi connectivity index (χ0v) is 22.2. The minimum Gasteiger partial charge on any atom is -0.497 e. The summed E-state index contributed by atoms with van der Waals surface area (Å²) in [6, 6.07) is 11.3. The highest BCUT2D eigenvalue weighted by Crippen LogP contribution is 2.33. The molecule has 0 heterocycles. The number of sulfonamides is 1. The van der Waals surface area contributed by atoms with E-state index in [-0.39, 0.29) is 29.9 Å². The summed E-state index contributed by atoms with van der Waals surface area (Å²) >= 11 is 0. The number of hydrogen-bond acceptors (Lipinski definition) is 6. The summed E-state index contributed by atoms with van der Waals surface area (Å²) in [6.07, 6.45) is 1.02. The summed E-state index contributed by atoms with van der Waals surface area (Å²) in [6.45, 7) is 6.88. The van der Waals surface area contributed by atoms with Gasteiger partial charge in [-0.25, -0.2) is 8.42 Å². The van der Waals surface area contributed by atoms with E-state index in [2.05, 4.69) is 5.32 Å². The molecule has 0 aliphatic carbocycles. The van der Waals surface area contributed by atoms with Crippen LogP contribution in [0.5, 0.6) is 11.5 Å². The Morgan fingerprint density at radius 3 is 2.14 bits per heavy atom. The highest BCUT2D eigenvalue weighted by molar-refractivity contribution is 7.92. The van der Waals surface area contributed by atoms with Gasteiger partial charge in [-0.1, -0.05) is 29.8 Å². The number of aryl methyl sites for hydroxylation is 1. The van der Waals surface area contributed by atoms with Crippen LogP contribution in [-0.4, -0.2) is 64.2 Å². The van der Waals surface area contributed by atoms with Crippen LogP contribution >= 0.6 is 0 Å². The molecular formula is C25H35N3O6S. The monoisotopic (exact) mass is 505 g/mol. The molecule has 192 valence electrons. The van der Waals surface area contributed by atoms with E-state index in [1.807, 2.05) is 45.0 Å². The van der Waals surface area contributed by atoms with Gasteiger partial charge in [-0.3, -0.25) is 13.9 Å². The Labute approximate surface area is 208 Å². The van der Waals surface area contributed by atoms with Crippen molar-refractivity contribution >= 4 is 27.5 Å². The molecule has 1 N–H and O–H groups in total. The minimum atomic E-state index is -3.88. The summed E-state index contributed by atoms with van der Waals surface area (Å²) in [5, 5.41) is 2.82. The number of benzene rings is 2. The maximum Gasteiger partial charge on any atom is 0.244 e. The second kappa shape index (κ2) is 11.9. The van der Waals surface area contributed by atoms with Crippen molar-refractivity contribution in [2.24, 2.45) is 0 Å². The van der Waals surface area contributed by atoms with Crippen molar-refractivity contribution in [3.05, 3.63) is 53.6 Å².